The van der Waals surface area contributed by atoms with E-state index in [1.54, 1.807) is 36.2 Å². The Hall–Kier alpha value is -2.78. The molecule has 0 saturated carbocycles. The lowest BCUT2D eigenvalue weighted by molar-refractivity contribution is -0.118. The van der Waals surface area contributed by atoms with Gasteiger partial charge in [-0.05, 0) is 55.4 Å². The second kappa shape index (κ2) is 11.8. The summed E-state index contributed by atoms with van der Waals surface area (Å²) < 4.78 is 12.3. The Balaban J connectivity index is 1.42. The zero-order chi connectivity index (χ0) is 24.8. The third kappa shape index (κ3) is 5.73. The molecule has 0 aliphatic heterocycles. The van der Waals surface area contributed by atoms with Crippen molar-refractivity contribution in [3.63, 3.8) is 0 Å². The maximum absolute atomic E-state index is 13.4. The third-order valence-electron chi connectivity index (χ3n) is 6.12. The standard InChI is InChI=1S/C26H31N3O4S2/c1-4-14-29-25(31)23-18-8-6-5-7-9-21(18)35-24(23)28-26(29)34-16-22(30)27-13-12-17-10-11-19(32-2)20(15-17)33-3/h4,10-11,15H,1,5-9,12-14,16H2,2-3H3,(H,27,30). The van der Waals surface area contributed by atoms with Crippen LogP contribution in [-0.2, 0) is 30.6 Å². The Morgan fingerprint density at radius 2 is 2.03 bits per heavy atom. The highest BCUT2D eigenvalue weighted by Crippen LogP contribution is 2.34. The molecule has 2 heterocycles. The molecule has 0 saturated heterocycles. The lowest BCUT2D eigenvalue weighted by Gasteiger charge is -2.11. The number of hydrogen-bond acceptors (Lipinski definition) is 7. The molecule has 1 N–H and O–H groups in total. The molecule has 186 valence electrons. The fourth-order valence-electron chi connectivity index (χ4n) is 4.36. The molecule has 3 aromatic rings. The highest BCUT2D eigenvalue weighted by atomic mass is 32.2. The summed E-state index contributed by atoms with van der Waals surface area (Å²) in [5.41, 5.74) is 2.20. The molecule has 0 bridgehead atoms. The van der Waals surface area contributed by atoms with Gasteiger partial charge in [0.25, 0.3) is 5.56 Å². The number of allylic oxidation sites excluding steroid dienone is 1. The maximum Gasteiger partial charge on any atom is 0.263 e. The predicted molar refractivity (Wildman–Crippen MR) is 142 cm³/mol. The normalized spacial score (nSPS) is 13.2. The SMILES string of the molecule is C=CCn1c(SCC(=O)NCCc2ccc(OC)c(OC)c2)nc2sc3c(c2c1=O)CCCCC3. The van der Waals surface area contributed by atoms with Gasteiger partial charge in [0, 0.05) is 18.0 Å². The Morgan fingerprint density at radius 1 is 1.23 bits per heavy atom. The van der Waals surface area contributed by atoms with Crippen molar-refractivity contribution in [2.24, 2.45) is 0 Å². The van der Waals surface area contributed by atoms with E-state index in [2.05, 4.69) is 11.9 Å². The summed E-state index contributed by atoms with van der Waals surface area (Å²) in [6.45, 7) is 4.68. The number of methoxy groups -OCH3 is 2. The van der Waals surface area contributed by atoms with Gasteiger partial charge in [0.15, 0.2) is 16.7 Å². The van der Waals surface area contributed by atoms with Crippen molar-refractivity contribution < 1.29 is 14.3 Å². The molecular formula is C26H31N3O4S2. The molecule has 0 radical (unpaired) electrons. The van der Waals surface area contributed by atoms with Crippen molar-refractivity contribution in [2.75, 3.05) is 26.5 Å². The second-order valence-corrected chi connectivity index (χ2v) is 10.4. The summed E-state index contributed by atoms with van der Waals surface area (Å²) in [6.07, 6.45) is 7.80. The first-order chi connectivity index (χ1) is 17.0. The molecule has 4 rings (SSSR count). The quantitative estimate of drug-likeness (QED) is 0.188. The molecule has 0 unspecified atom stereocenters. The molecule has 1 amide bonds. The number of ether oxygens (including phenoxy) is 2. The van der Waals surface area contributed by atoms with Crippen molar-refractivity contribution in [3.8, 4) is 11.5 Å². The van der Waals surface area contributed by atoms with E-state index in [1.807, 2.05) is 18.2 Å². The van der Waals surface area contributed by atoms with Crippen molar-refractivity contribution in [1.29, 1.82) is 0 Å². The van der Waals surface area contributed by atoms with Crippen molar-refractivity contribution in [1.82, 2.24) is 14.9 Å². The molecule has 1 aromatic carbocycles. The van der Waals surface area contributed by atoms with E-state index >= 15 is 0 Å². The number of carbonyl (C=O) groups is 1. The number of nitrogens with one attached hydrogen (secondary N) is 1. The van der Waals surface area contributed by atoms with Crippen molar-refractivity contribution >= 4 is 39.2 Å². The van der Waals surface area contributed by atoms with Gasteiger partial charge in [-0.25, -0.2) is 4.98 Å². The predicted octanol–water partition coefficient (Wildman–Crippen LogP) is 4.38. The van der Waals surface area contributed by atoms with Gasteiger partial charge in [-0.1, -0.05) is 30.3 Å². The average Bonchev–Trinajstić information content (AvgIpc) is 3.05. The minimum atomic E-state index is -0.100. The number of benzene rings is 1. The van der Waals surface area contributed by atoms with Gasteiger partial charge in [-0.15, -0.1) is 17.9 Å². The van der Waals surface area contributed by atoms with E-state index in [4.69, 9.17) is 14.5 Å². The summed E-state index contributed by atoms with van der Waals surface area (Å²) in [6, 6.07) is 5.73. The Morgan fingerprint density at radius 3 is 2.80 bits per heavy atom. The Labute approximate surface area is 213 Å². The van der Waals surface area contributed by atoms with Gasteiger partial charge < -0.3 is 14.8 Å². The van der Waals surface area contributed by atoms with Gasteiger partial charge in [0.1, 0.15) is 4.83 Å². The largest absolute Gasteiger partial charge is 0.493 e. The number of aromatic nitrogens is 2. The van der Waals surface area contributed by atoms with Crippen LogP contribution in [0.2, 0.25) is 0 Å². The summed E-state index contributed by atoms with van der Waals surface area (Å²) >= 11 is 2.93. The third-order valence-corrected chi connectivity index (χ3v) is 8.28. The van der Waals surface area contributed by atoms with E-state index in [0.717, 1.165) is 41.5 Å². The molecule has 0 atom stereocenters. The summed E-state index contributed by atoms with van der Waals surface area (Å²) in [5.74, 6) is 1.43. The summed E-state index contributed by atoms with van der Waals surface area (Å²) in [5, 5.41) is 4.28. The fourth-order valence-corrected chi connectivity index (χ4v) is 6.50. The molecular weight excluding hydrogens is 482 g/mol. The average molecular weight is 514 g/mol. The molecule has 2 aromatic heterocycles. The second-order valence-electron chi connectivity index (χ2n) is 8.42. The lowest BCUT2D eigenvalue weighted by atomic mass is 10.1. The smallest absolute Gasteiger partial charge is 0.263 e. The topological polar surface area (TPSA) is 82.5 Å². The molecule has 35 heavy (non-hydrogen) atoms. The van der Waals surface area contributed by atoms with Crippen LogP contribution in [0, 0.1) is 0 Å². The summed E-state index contributed by atoms with van der Waals surface area (Å²) in [4.78, 5) is 32.8. The summed E-state index contributed by atoms with van der Waals surface area (Å²) in [7, 11) is 3.20. The van der Waals surface area contributed by atoms with E-state index < -0.39 is 0 Å². The number of thiophene rings is 1. The molecule has 1 aliphatic carbocycles. The Kier molecular flexibility index (Phi) is 8.51. The fraction of sp³-hybridized carbons (Fsp3) is 0.423. The highest BCUT2D eigenvalue weighted by molar-refractivity contribution is 7.99. The van der Waals surface area contributed by atoms with Crippen LogP contribution in [0.15, 0.2) is 40.8 Å². The van der Waals surface area contributed by atoms with Crippen molar-refractivity contribution in [2.45, 2.75) is 50.2 Å². The van der Waals surface area contributed by atoms with Crippen LogP contribution in [0.5, 0.6) is 11.5 Å². The monoisotopic (exact) mass is 513 g/mol. The number of fused-ring (bicyclic) bond motifs is 3. The van der Waals surface area contributed by atoms with Gasteiger partial charge in [0.05, 0.1) is 25.4 Å². The zero-order valence-corrected chi connectivity index (χ0v) is 21.9. The lowest BCUT2D eigenvalue weighted by Crippen LogP contribution is -2.28. The number of nitrogens with zero attached hydrogens (tertiary/aromatic N) is 2. The van der Waals surface area contributed by atoms with E-state index in [0.29, 0.717) is 36.2 Å². The van der Waals surface area contributed by atoms with Gasteiger partial charge in [0.2, 0.25) is 5.91 Å². The minimum Gasteiger partial charge on any atom is -0.493 e. The number of carbonyl (C=O) groups excluding carboxylic acids is 1. The van der Waals surface area contributed by atoms with Gasteiger partial charge >= 0.3 is 0 Å². The first-order valence-electron chi connectivity index (χ1n) is 11.8. The van der Waals surface area contributed by atoms with Gasteiger partial charge in [-0.2, -0.15) is 0 Å². The number of rotatable bonds is 10. The van der Waals surface area contributed by atoms with Crippen LogP contribution in [0.1, 0.15) is 35.3 Å². The Bertz CT molecular complexity index is 1280. The van der Waals surface area contributed by atoms with Crippen LogP contribution in [0.4, 0.5) is 0 Å². The number of amides is 1. The molecule has 7 nitrogen and oxygen atoms in total. The number of thioether (sulfide) groups is 1. The number of hydrogen-bond donors (Lipinski definition) is 1. The molecule has 1 aliphatic rings. The maximum atomic E-state index is 13.4. The van der Waals surface area contributed by atoms with E-state index in [-0.39, 0.29) is 17.2 Å². The first-order valence-corrected chi connectivity index (χ1v) is 13.6. The van der Waals surface area contributed by atoms with E-state index in [1.165, 1.54) is 28.6 Å². The highest BCUT2D eigenvalue weighted by Gasteiger charge is 2.21. The van der Waals surface area contributed by atoms with Crippen molar-refractivity contribution in [3.05, 3.63) is 57.2 Å². The minimum absolute atomic E-state index is 0.0225. The first kappa shape index (κ1) is 25.3. The molecule has 9 heteroatoms. The van der Waals surface area contributed by atoms with Crippen LogP contribution in [0.25, 0.3) is 10.2 Å². The van der Waals surface area contributed by atoms with Crippen LogP contribution in [-0.4, -0.2) is 42.0 Å². The molecule has 0 spiro atoms. The number of aryl methyl sites for hydroxylation is 2. The van der Waals surface area contributed by atoms with E-state index in [9.17, 15) is 9.59 Å². The molecule has 0 fully saturated rings. The van der Waals surface area contributed by atoms with Crippen LogP contribution < -0.4 is 20.3 Å². The van der Waals surface area contributed by atoms with Gasteiger partial charge in [-0.3, -0.25) is 14.2 Å². The van der Waals surface area contributed by atoms with Crippen LogP contribution in [0.3, 0.4) is 0 Å². The zero-order valence-electron chi connectivity index (χ0n) is 20.2. The van der Waals surface area contributed by atoms with Crippen LogP contribution >= 0.6 is 23.1 Å².